The van der Waals surface area contributed by atoms with Gasteiger partial charge in [-0.3, -0.25) is 0 Å². The Morgan fingerprint density at radius 3 is 2.88 bits per heavy atom. The molecule has 0 aromatic heterocycles. The second-order valence-electron chi connectivity index (χ2n) is 3.81. The first-order chi connectivity index (χ1) is 7.69. The highest BCUT2D eigenvalue weighted by molar-refractivity contribution is 5.55. The summed E-state index contributed by atoms with van der Waals surface area (Å²) < 4.78 is 0. The van der Waals surface area contributed by atoms with Crippen molar-refractivity contribution < 1.29 is 0 Å². The lowest BCUT2D eigenvalue weighted by molar-refractivity contribution is 1.31. The minimum absolute atomic E-state index is 0.821. The van der Waals surface area contributed by atoms with E-state index in [9.17, 15) is 0 Å². The first-order valence-corrected chi connectivity index (χ1v) is 5.52. The van der Waals surface area contributed by atoms with E-state index in [1.807, 2.05) is 12.2 Å². The number of hydrogen-bond acceptors (Lipinski definition) is 0. The van der Waals surface area contributed by atoms with Gasteiger partial charge < -0.3 is 0 Å². The van der Waals surface area contributed by atoms with E-state index in [4.69, 9.17) is 0 Å². The summed E-state index contributed by atoms with van der Waals surface area (Å²) in [5.74, 6) is 6.12. The fourth-order valence-electron chi connectivity index (χ4n) is 1.58. The van der Waals surface area contributed by atoms with Gasteiger partial charge in [0, 0.05) is 6.42 Å². The van der Waals surface area contributed by atoms with Crippen LogP contribution in [0, 0.1) is 11.8 Å². The van der Waals surface area contributed by atoms with E-state index >= 15 is 0 Å². The van der Waals surface area contributed by atoms with Gasteiger partial charge in [0.1, 0.15) is 0 Å². The highest BCUT2D eigenvalue weighted by Gasteiger charge is 2.05. The van der Waals surface area contributed by atoms with Gasteiger partial charge in [0.25, 0.3) is 0 Å². The zero-order valence-electron chi connectivity index (χ0n) is 10.3. The summed E-state index contributed by atoms with van der Waals surface area (Å²) in [6, 6.07) is 0. The maximum absolute atomic E-state index is 3.78. The van der Waals surface area contributed by atoms with Gasteiger partial charge in [-0.25, -0.2) is 0 Å². The lowest BCUT2D eigenvalue weighted by Gasteiger charge is -2.08. The normalized spacial score (nSPS) is 16.7. The molecule has 0 unspecified atom stereocenters. The Morgan fingerprint density at radius 2 is 2.25 bits per heavy atom. The maximum atomic E-state index is 3.78. The molecule has 0 aliphatic heterocycles. The predicted molar refractivity (Wildman–Crippen MR) is 71.9 cm³/mol. The minimum atomic E-state index is 0.821. The third-order valence-corrected chi connectivity index (χ3v) is 2.55. The summed E-state index contributed by atoms with van der Waals surface area (Å²) in [6.45, 7) is 10.00. The second kappa shape index (κ2) is 5.98. The largest absolute Gasteiger partial charge is 0.0988 e. The molecule has 0 N–H and O–H groups in total. The number of hydrogen-bond donors (Lipinski definition) is 0. The lowest BCUT2D eigenvalue weighted by Crippen LogP contribution is -1.90. The summed E-state index contributed by atoms with van der Waals surface area (Å²) in [6.07, 6.45) is 11.1. The average molecular weight is 210 g/mol. The van der Waals surface area contributed by atoms with Gasteiger partial charge in [0.05, 0.1) is 0 Å². The van der Waals surface area contributed by atoms with Crippen molar-refractivity contribution >= 4 is 0 Å². The summed E-state index contributed by atoms with van der Waals surface area (Å²) >= 11 is 0. The highest BCUT2D eigenvalue weighted by atomic mass is 14.1. The molecule has 0 heterocycles. The van der Waals surface area contributed by atoms with Crippen LogP contribution < -0.4 is 0 Å². The molecule has 0 heteroatoms. The Kier molecular flexibility index (Phi) is 4.61. The van der Waals surface area contributed by atoms with Gasteiger partial charge in [0.2, 0.25) is 0 Å². The van der Waals surface area contributed by atoms with Crippen LogP contribution in [-0.2, 0) is 0 Å². The zero-order chi connectivity index (χ0) is 12.0. The van der Waals surface area contributed by atoms with Crippen LogP contribution in [0.3, 0.4) is 0 Å². The van der Waals surface area contributed by atoms with Crippen molar-refractivity contribution in [1.29, 1.82) is 0 Å². The molecule has 0 amide bonds. The molecule has 0 fully saturated rings. The van der Waals surface area contributed by atoms with E-state index in [0.717, 1.165) is 6.42 Å². The minimum Gasteiger partial charge on any atom is -0.0988 e. The van der Waals surface area contributed by atoms with E-state index in [-0.39, 0.29) is 0 Å². The first kappa shape index (κ1) is 12.3. The van der Waals surface area contributed by atoms with Gasteiger partial charge in [0.15, 0.2) is 0 Å². The van der Waals surface area contributed by atoms with Gasteiger partial charge in [-0.2, -0.15) is 0 Å². The Labute approximate surface area is 98.8 Å². The number of rotatable bonds is 3. The standard InChI is InChI=1S/C16H18/c1-5-13(3)12-15(6-2)16-11-9-7-8-10-14(16)4/h5-6,10-12H,1,9H2,2-4H3/b13-12-,15-6+. The van der Waals surface area contributed by atoms with Crippen molar-refractivity contribution in [2.24, 2.45) is 0 Å². The molecule has 0 nitrogen and oxygen atoms in total. The molecule has 1 rings (SSSR count). The van der Waals surface area contributed by atoms with Crippen molar-refractivity contribution in [2.45, 2.75) is 27.2 Å². The molecule has 82 valence electrons. The van der Waals surface area contributed by atoms with E-state index in [1.165, 1.54) is 22.3 Å². The first-order valence-electron chi connectivity index (χ1n) is 5.52. The second-order valence-corrected chi connectivity index (χ2v) is 3.81. The van der Waals surface area contributed by atoms with Gasteiger partial charge in [-0.1, -0.05) is 48.3 Å². The van der Waals surface area contributed by atoms with Gasteiger partial charge in [-0.05, 0) is 43.6 Å². The summed E-state index contributed by atoms with van der Waals surface area (Å²) in [4.78, 5) is 0. The summed E-state index contributed by atoms with van der Waals surface area (Å²) in [7, 11) is 0. The van der Waals surface area contributed by atoms with Crippen LogP contribution in [0.15, 0.2) is 59.3 Å². The molecular weight excluding hydrogens is 192 g/mol. The maximum Gasteiger partial charge on any atom is 0.0282 e. The Balaban J connectivity index is 3.08. The van der Waals surface area contributed by atoms with Crippen LogP contribution >= 0.6 is 0 Å². The fourth-order valence-corrected chi connectivity index (χ4v) is 1.58. The highest BCUT2D eigenvalue weighted by Crippen LogP contribution is 2.23. The smallest absolute Gasteiger partial charge is 0.0282 e. The summed E-state index contributed by atoms with van der Waals surface area (Å²) in [5, 5.41) is 0. The van der Waals surface area contributed by atoms with Crippen LogP contribution in [0.1, 0.15) is 27.2 Å². The van der Waals surface area contributed by atoms with Crippen LogP contribution in [0.25, 0.3) is 0 Å². The van der Waals surface area contributed by atoms with Gasteiger partial charge in [-0.15, -0.1) is 0 Å². The molecule has 0 aromatic rings. The third kappa shape index (κ3) is 3.14. The van der Waals surface area contributed by atoms with Crippen molar-refractivity contribution in [3.63, 3.8) is 0 Å². The van der Waals surface area contributed by atoms with E-state index in [2.05, 4.69) is 57.4 Å². The van der Waals surface area contributed by atoms with Crippen molar-refractivity contribution in [1.82, 2.24) is 0 Å². The lowest BCUT2D eigenvalue weighted by atomic mass is 9.96. The van der Waals surface area contributed by atoms with E-state index in [0.29, 0.717) is 0 Å². The fraction of sp³-hybridized carbons (Fsp3) is 0.250. The van der Waals surface area contributed by atoms with Crippen LogP contribution in [0.4, 0.5) is 0 Å². The summed E-state index contributed by atoms with van der Waals surface area (Å²) in [5.41, 5.74) is 4.90. The quantitative estimate of drug-likeness (QED) is 0.480. The molecule has 16 heavy (non-hydrogen) atoms. The SMILES string of the molecule is C=C/C(C)=C\C(=C/C)C1=CCC#CC=C1C. The van der Waals surface area contributed by atoms with Crippen molar-refractivity contribution in [3.8, 4) is 11.8 Å². The molecule has 0 saturated carbocycles. The average Bonchev–Trinajstić information content (AvgIpc) is 2.50. The Morgan fingerprint density at radius 1 is 1.50 bits per heavy atom. The molecule has 1 aliphatic rings. The monoisotopic (exact) mass is 210 g/mol. The molecule has 0 bridgehead atoms. The van der Waals surface area contributed by atoms with Crippen molar-refractivity contribution in [2.75, 3.05) is 0 Å². The van der Waals surface area contributed by atoms with Crippen LogP contribution in [-0.4, -0.2) is 0 Å². The topological polar surface area (TPSA) is 0 Å². The Bertz CT molecular complexity index is 454. The number of allylic oxidation sites excluding steroid dienone is 9. The molecular formula is C16H18. The van der Waals surface area contributed by atoms with Crippen LogP contribution in [0.2, 0.25) is 0 Å². The Hall–Kier alpha value is -1.74. The molecule has 0 radical (unpaired) electrons. The predicted octanol–water partition coefficient (Wildman–Crippen LogP) is 4.34. The zero-order valence-corrected chi connectivity index (χ0v) is 10.3. The van der Waals surface area contributed by atoms with Crippen LogP contribution in [0.5, 0.6) is 0 Å². The van der Waals surface area contributed by atoms with Gasteiger partial charge >= 0.3 is 0 Å². The molecule has 0 saturated heterocycles. The van der Waals surface area contributed by atoms with Crippen molar-refractivity contribution in [3.05, 3.63) is 59.3 Å². The molecule has 0 spiro atoms. The van der Waals surface area contributed by atoms with E-state index in [1.54, 1.807) is 0 Å². The molecule has 0 aromatic carbocycles. The van der Waals surface area contributed by atoms with E-state index < -0.39 is 0 Å². The third-order valence-electron chi connectivity index (χ3n) is 2.55. The molecule has 0 atom stereocenters. The molecule has 1 aliphatic carbocycles.